The number of benzene rings is 1. The third-order valence-corrected chi connectivity index (χ3v) is 4.14. The van der Waals surface area contributed by atoms with Crippen LogP contribution in [0.5, 0.6) is 0 Å². The van der Waals surface area contributed by atoms with Crippen LogP contribution in [0.4, 0.5) is 5.69 Å². The highest BCUT2D eigenvalue weighted by molar-refractivity contribution is 5.59. The van der Waals surface area contributed by atoms with E-state index in [1.807, 2.05) is 6.92 Å². The predicted octanol–water partition coefficient (Wildman–Crippen LogP) is 2.39. The van der Waals surface area contributed by atoms with Gasteiger partial charge in [0.15, 0.2) is 0 Å². The summed E-state index contributed by atoms with van der Waals surface area (Å²) in [5, 5.41) is 7.77. The van der Waals surface area contributed by atoms with Crippen LogP contribution in [0.25, 0.3) is 0 Å². The van der Waals surface area contributed by atoms with Crippen LogP contribution in [-0.2, 0) is 19.5 Å². The van der Waals surface area contributed by atoms with Crippen LogP contribution < -0.4 is 4.90 Å². The van der Waals surface area contributed by atoms with E-state index >= 15 is 0 Å². The van der Waals surface area contributed by atoms with E-state index in [1.165, 1.54) is 16.8 Å². The summed E-state index contributed by atoms with van der Waals surface area (Å²) in [7, 11) is 2.10. The van der Waals surface area contributed by atoms with Gasteiger partial charge in [-0.2, -0.15) is 0 Å². The first-order valence-corrected chi connectivity index (χ1v) is 7.50. The van der Waals surface area contributed by atoms with E-state index in [2.05, 4.69) is 52.3 Å². The van der Waals surface area contributed by atoms with Gasteiger partial charge in [-0.05, 0) is 44.5 Å². The summed E-state index contributed by atoms with van der Waals surface area (Å²) in [5.41, 5.74) is 6.01. The third-order valence-electron chi connectivity index (χ3n) is 4.14. The molecule has 1 aromatic heterocycles. The normalized spacial score (nSPS) is 14.0. The average molecular weight is 286 g/mol. The minimum Gasteiger partial charge on any atom is -0.371 e. The number of hydrogen-bond acceptors (Lipinski definition) is 5. The highest BCUT2D eigenvalue weighted by atomic mass is 16.6. The van der Waals surface area contributed by atoms with Crippen molar-refractivity contribution in [2.75, 3.05) is 25.0 Å². The van der Waals surface area contributed by atoms with E-state index in [9.17, 15) is 0 Å². The van der Waals surface area contributed by atoms with Gasteiger partial charge >= 0.3 is 0 Å². The number of aryl methyl sites for hydroxylation is 1. The standard InChI is InChI=1S/C16H22N4O/c1-4-20-8-7-14-9-13(5-6-16(14)20)10-19(3)11-15-12(2)17-21-18-15/h5-6,9H,4,7-8,10-11H2,1-3H3. The molecule has 21 heavy (non-hydrogen) atoms. The topological polar surface area (TPSA) is 45.4 Å². The number of nitrogens with zero attached hydrogens (tertiary/aromatic N) is 4. The maximum atomic E-state index is 4.75. The summed E-state index contributed by atoms with van der Waals surface area (Å²) >= 11 is 0. The molecule has 0 N–H and O–H groups in total. The van der Waals surface area contributed by atoms with E-state index < -0.39 is 0 Å². The minimum absolute atomic E-state index is 0.757. The molecule has 0 fully saturated rings. The van der Waals surface area contributed by atoms with E-state index in [1.54, 1.807) is 0 Å². The van der Waals surface area contributed by atoms with E-state index in [-0.39, 0.29) is 0 Å². The second-order valence-electron chi connectivity index (χ2n) is 5.76. The van der Waals surface area contributed by atoms with Gasteiger partial charge in [0, 0.05) is 31.9 Å². The fourth-order valence-electron chi connectivity index (χ4n) is 2.97. The van der Waals surface area contributed by atoms with Crippen molar-refractivity contribution in [3.8, 4) is 0 Å². The van der Waals surface area contributed by atoms with Gasteiger partial charge in [-0.1, -0.05) is 22.4 Å². The predicted molar refractivity (Wildman–Crippen MR) is 82.2 cm³/mol. The number of aromatic nitrogens is 2. The second kappa shape index (κ2) is 5.85. The van der Waals surface area contributed by atoms with Crippen molar-refractivity contribution in [2.24, 2.45) is 0 Å². The molecule has 5 nitrogen and oxygen atoms in total. The largest absolute Gasteiger partial charge is 0.371 e. The van der Waals surface area contributed by atoms with Crippen LogP contribution in [0.2, 0.25) is 0 Å². The van der Waals surface area contributed by atoms with Crippen molar-refractivity contribution in [3.63, 3.8) is 0 Å². The zero-order chi connectivity index (χ0) is 14.8. The number of rotatable bonds is 5. The molecule has 1 aliphatic heterocycles. The average Bonchev–Trinajstić information content (AvgIpc) is 3.05. The Morgan fingerprint density at radius 2 is 2.14 bits per heavy atom. The van der Waals surface area contributed by atoms with Gasteiger partial charge in [0.1, 0.15) is 11.4 Å². The number of anilines is 1. The van der Waals surface area contributed by atoms with Gasteiger partial charge in [0.25, 0.3) is 0 Å². The SMILES string of the molecule is CCN1CCc2cc(CN(C)Cc3nonc3C)ccc21. The van der Waals surface area contributed by atoms with E-state index in [0.717, 1.165) is 44.0 Å². The molecule has 0 atom stereocenters. The number of hydrogen-bond donors (Lipinski definition) is 0. The monoisotopic (exact) mass is 286 g/mol. The molecule has 0 radical (unpaired) electrons. The van der Waals surface area contributed by atoms with Crippen molar-refractivity contribution < 1.29 is 4.63 Å². The van der Waals surface area contributed by atoms with Crippen molar-refractivity contribution in [1.82, 2.24) is 15.2 Å². The summed E-state index contributed by atoms with van der Waals surface area (Å²) in [4.78, 5) is 4.67. The smallest absolute Gasteiger partial charge is 0.122 e. The number of likely N-dealkylation sites (N-methyl/N-ethyl adjacent to an activating group) is 1. The van der Waals surface area contributed by atoms with Crippen LogP contribution in [0.15, 0.2) is 22.8 Å². The Bertz CT molecular complexity index is 622. The first-order valence-electron chi connectivity index (χ1n) is 7.50. The molecule has 3 rings (SSSR count). The van der Waals surface area contributed by atoms with Crippen LogP contribution in [0, 0.1) is 6.92 Å². The van der Waals surface area contributed by atoms with Gasteiger partial charge in [-0.15, -0.1) is 0 Å². The lowest BCUT2D eigenvalue weighted by Crippen LogP contribution is -2.19. The lowest BCUT2D eigenvalue weighted by atomic mass is 10.1. The Labute approximate surface area is 125 Å². The molecular formula is C16H22N4O. The highest BCUT2D eigenvalue weighted by Gasteiger charge is 2.18. The highest BCUT2D eigenvalue weighted by Crippen LogP contribution is 2.28. The van der Waals surface area contributed by atoms with Crippen LogP contribution in [-0.4, -0.2) is 35.4 Å². The Hall–Kier alpha value is -1.88. The molecule has 1 aliphatic rings. The molecule has 0 spiro atoms. The van der Waals surface area contributed by atoms with Crippen molar-refractivity contribution in [3.05, 3.63) is 40.7 Å². The van der Waals surface area contributed by atoms with Gasteiger partial charge in [0.05, 0.1) is 0 Å². The lowest BCUT2D eigenvalue weighted by molar-refractivity contribution is 0.279. The fraction of sp³-hybridized carbons (Fsp3) is 0.500. The summed E-state index contributed by atoms with van der Waals surface area (Å²) in [5.74, 6) is 0. The Morgan fingerprint density at radius 1 is 1.29 bits per heavy atom. The Balaban J connectivity index is 1.67. The Kier molecular flexibility index (Phi) is 3.92. The summed E-state index contributed by atoms with van der Waals surface area (Å²) < 4.78 is 4.75. The van der Waals surface area contributed by atoms with Crippen molar-refractivity contribution >= 4 is 5.69 Å². The fourth-order valence-corrected chi connectivity index (χ4v) is 2.97. The van der Waals surface area contributed by atoms with Gasteiger partial charge in [-0.25, -0.2) is 4.63 Å². The van der Waals surface area contributed by atoms with Gasteiger partial charge in [-0.3, -0.25) is 4.90 Å². The van der Waals surface area contributed by atoms with Crippen LogP contribution >= 0.6 is 0 Å². The summed E-state index contributed by atoms with van der Waals surface area (Å²) in [6.45, 7) is 8.04. The summed E-state index contributed by atoms with van der Waals surface area (Å²) in [6, 6.07) is 6.84. The third kappa shape index (κ3) is 2.93. The summed E-state index contributed by atoms with van der Waals surface area (Å²) in [6.07, 6.45) is 1.16. The first kappa shape index (κ1) is 14.1. The maximum absolute atomic E-state index is 4.75. The molecule has 2 heterocycles. The molecule has 0 bridgehead atoms. The zero-order valence-electron chi connectivity index (χ0n) is 13.0. The van der Waals surface area contributed by atoms with Crippen molar-refractivity contribution in [2.45, 2.75) is 33.4 Å². The van der Waals surface area contributed by atoms with Gasteiger partial charge < -0.3 is 4.90 Å². The van der Waals surface area contributed by atoms with Crippen molar-refractivity contribution in [1.29, 1.82) is 0 Å². The molecule has 0 aliphatic carbocycles. The quantitative estimate of drug-likeness (QED) is 0.844. The Morgan fingerprint density at radius 3 is 2.86 bits per heavy atom. The maximum Gasteiger partial charge on any atom is 0.122 e. The first-order chi connectivity index (χ1) is 10.2. The van der Waals surface area contributed by atoms with E-state index in [4.69, 9.17) is 4.63 Å². The lowest BCUT2D eigenvalue weighted by Gasteiger charge is -2.18. The number of fused-ring (bicyclic) bond motifs is 1. The molecule has 0 saturated carbocycles. The molecule has 112 valence electrons. The second-order valence-corrected chi connectivity index (χ2v) is 5.76. The minimum atomic E-state index is 0.757. The molecular weight excluding hydrogens is 264 g/mol. The molecule has 0 saturated heterocycles. The molecule has 5 heteroatoms. The van der Waals surface area contributed by atoms with Crippen LogP contribution in [0.3, 0.4) is 0 Å². The van der Waals surface area contributed by atoms with Gasteiger partial charge in [0.2, 0.25) is 0 Å². The molecule has 0 amide bonds. The molecule has 2 aromatic rings. The molecule has 0 unspecified atom stereocenters. The molecule has 1 aromatic carbocycles. The van der Waals surface area contributed by atoms with E-state index in [0.29, 0.717) is 0 Å². The van der Waals surface area contributed by atoms with Crippen LogP contribution in [0.1, 0.15) is 29.4 Å². The zero-order valence-corrected chi connectivity index (χ0v) is 13.0.